The molecule has 1 aliphatic heterocycles. The van der Waals surface area contributed by atoms with Gasteiger partial charge in [0.2, 0.25) is 0 Å². The highest BCUT2D eigenvalue weighted by Crippen LogP contribution is 2.50. The monoisotopic (exact) mass is 439 g/mol. The van der Waals surface area contributed by atoms with Crippen molar-refractivity contribution in [1.29, 1.82) is 0 Å². The number of imidazole rings is 1. The van der Waals surface area contributed by atoms with Crippen LogP contribution in [0.25, 0.3) is 22.2 Å². The Bertz CT molecular complexity index is 1140. The molecule has 5 nitrogen and oxygen atoms in total. The number of alkyl halides is 1. The van der Waals surface area contributed by atoms with E-state index in [-0.39, 0.29) is 11.6 Å². The average molecular weight is 440 g/mol. The number of nitrogens with zero attached hydrogens (tertiary/aromatic N) is 3. The van der Waals surface area contributed by atoms with Gasteiger partial charge in [-0.25, -0.2) is 9.37 Å². The van der Waals surface area contributed by atoms with Crippen LogP contribution >= 0.6 is 0 Å². The first-order chi connectivity index (χ1) is 15.4. The predicted octanol–water partition coefficient (Wildman–Crippen LogP) is 5.69. The van der Waals surface area contributed by atoms with E-state index in [4.69, 9.17) is 9.72 Å². The van der Waals surface area contributed by atoms with Crippen molar-refractivity contribution in [1.82, 2.24) is 14.1 Å². The second-order valence-electron chi connectivity index (χ2n) is 8.97. The largest absolute Gasteiger partial charge is 0.381 e. The highest BCUT2D eigenvalue weighted by molar-refractivity contribution is 5.83. The summed E-state index contributed by atoms with van der Waals surface area (Å²) < 4.78 is 24.5. The van der Waals surface area contributed by atoms with Gasteiger partial charge >= 0.3 is 0 Å². The number of aryl methyl sites for hydroxylation is 2. The average Bonchev–Trinajstić information content (AvgIpc) is 3.46. The Balaban J connectivity index is 0.00000119. The molecule has 1 atom stereocenters. The van der Waals surface area contributed by atoms with Crippen molar-refractivity contribution in [3.05, 3.63) is 52.2 Å². The summed E-state index contributed by atoms with van der Waals surface area (Å²) in [5, 5.41) is 0. The van der Waals surface area contributed by atoms with Crippen molar-refractivity contribution in [3.8, 4) is 11.1 Å². The summed E-state index contributed by atoms with van der Waals surface area (Å²) in [4.78, 5) is 17.1. The van der Waals surface area contributed by atoms with Crippen molar-refractivity contribution in [2.45, 2.75) is 71.0 Å². The number of ether oxygens (including phenoxy) is 1. The zero-order valence-electron chi connectivity index (χ0n) is 19.8. The van der Waals surface area contributed by atoms with Crippen LogP contribution in [0.5, 0.6) is 0 Å². The second-order valence-corrected chi connectivity index (χ2v) is 8.97. The van der Waals surface area contributed by atoms with E-state index in [0.29, 0.717) is 24.3 Å². The topological polar surface area (TPSA) is 49.0 Å². The first-order valence-electron chi connectivity index (χ1n) is 11.8. The molecule has 0 amide bonds. The Morgan fingerprint density at radius 1 is 1.16 bits per heavy atom. The minimum absolute atomic E-state index is 0.00778. The number of pyridine rings is 1. The molecule has 5 rings (SSSR count). The van der Waals surface area contributed by atoms with E-state index in [1.165, 1.54) is 0 Å². The molecular formula is C26H34FN3O2. The normalized spacial score (nSPS) is 18.8. The van der Waals surface area contributed by atoms with Gasteiger partial charge in [-0.3, -0.25) is 4.79 Å². The van der Waals surface area contributed by atoms with E-state index in [1.807, 2.05) is 52.1 Å². The Kier molecular flexibility index (Phi) is 6.26. The summed E-state index contributed by atoms with van der Waals surface area (Å²) in [5.41, 5.74) is 3.43. The van der Waals surface area contributed by atoms with Gasteiger partial charge in [0.15, 0.2) is 0 Å². The molecule has 1 aromatic carbocycles. The Labute approximate surface area is 189 Å². The molecule has 3 aromatic rings. The summed E-state index contributed by atoms with van der Waals surface area (Å²) in [6, 6.07) is 7.84. The van der Waals surface area contributed by atoms with Crippen LogP contribution in [0.4, 0.5) is 4.39 Å². The number of halogens is 1. The summed E-state index contributed by atoms with van der Waals surface area (Å²) in [7, 11) is 1.77. The summed E-state index contributed by atoms with van der Waals surface area (Å²) in [6.45, 7) is 9.27. The maximum absolute atomic E-state index is 15.2. The molecule has 0 bridgehead atoms. The fourth-order valence-electron chi connectivity index (χ4n) is 4.75. The molecule has 172 valence electrons. The highest BCUT2D eigenvalue weighted by Gasteiger charge is 2.50. The van der Waals surface area contributed by atoms with Crippen LogP contribution in [-0.4, -0.2) is 33.0 Å². The molecule has 0 spiro atoms. The first-order valence-corrected chi connectivity index (χ1v) is 11.8. The minimum atomic E-state index is -1.14. The van der Waals surface area contributed by atoms with Crippen LogP contribution in [0.15, 0.2) is 35.3 Å². The lowest BCUT2D eigenvalue weighted by Crippen LogP contribution is -2.24. The first kappa shape index (κ1) is 22.7. The molecule has 0 N–H and O–H groups in total. The van der Waals surface area contributed by atoms with E-state index >= 15 is 4.39 Å². The molecule has 2 aliphatic rings. The number of hydrogen-bond acceptors (Lipinski definition) is 3. The van der Waals surface area contributed by atoms with Crippen LogP contribution in [0, 0.1) is 6.92 Å². The van der Waals surface area contributed by atoms with Gasteiger partial charge in [0, 0.05) is 37.9 Å². The Hall–Kier alpha value is -2.47. The van der Waals surface area contributed by atoms with E-state index in [2.05, 4.69) is 10.6 Å². The van der Waals surface area contributed by atoms with Crippen LogP contribution in [0.2, 0.25) is 0 Å². The fourth-order valence-corrected chi connectivity index (χ4v) is 4.75. The molecule has 1 aliphatic carbocycles. The maximum atomic E-state index is 15.2. The van der Waals surface area contributed by atoms with Gasteiger partial charge < -0.3 is 13.9 Å². The molecule has 1 saturated heterocycles. The van der Waals surface area contributed by atoms with Crippen LogP contribution in [0.3, 0.4) is 0 Å². The summed E-state index contributed by atoms with van der Waals surface area (Å²) in [6.07, 6.45) is 4.92. The van der Waals surface area contributed by atoms with Crippen molar-refractivity contribution < 1.29 is 9.13 Å². The predicted molar refractivity (Wildman–Crippen MR) is 127 cm³/mol. The number of aromatic nitrogens is 3. The number of fused-ring (bicyclic) bond motifs is 1. The Morgan fingerprint density at radius 3 is 2.47 bits per heavy atom. The van der Waals surface area contributed by atoms with Gasteiger partial charge in [0.25, 0.3) is 5.56 Å². The lowest BCUT2D eigenvalue weighted by atomic mass is 9.98. The standard InChI is InChI=1S/C24H28FN3O2.C2H6/c1-15-12-19(14-27(3)23(15)29)18-4-5-20-21(13-18)28(16(2)24(25)8-9-24)22(26-20)17-6-10-30-11-7-17;1-2/h4-5,12-14,16-17H,6-11H2,1-3H3;1-2H3/t16-;/m0./s1. The lowest BCUT2D eigenvalue weighted by Gasteiger charge is -2.27. The van der Waals surface area contributed by atoms with Gasteiger partial charge in [0.1, 0.15) is 11.5 Å². The molecule has 32 heavy (non-hydrogen) atoms. The molecule has 3 heterocycles. The van der Waals surface area contributed by atoms with E-state index in [0.717, 1.165) is 54.0 Å². The highest BCUT2D eigenvalue weighted by atomic mass is 19.1. The Morgan fingerprint density at radius 2 is 1.84 bits per heavy atom. The van der Waals surface area contributed by atoms with E-state index < -0.39 is 5.67 Å². The third-order valence-corrected chi connectivity index (χ3v) is 6.86. The lowest BCUT2D eigenvalue weighted by molar-refractivity contribution is 0.0818. The van der Waals surface area contributed by atoms with Crippen molar-refractivity contribution in [2.75, 3.05) is 13.2 Å². The SMILES string of the molecule is CC.Cc1cc(-c2ccc3nc(C4CCOCC4)n([C@@H](C)C4(F)CC4)c3c2)cn(C)c1=O. The number of hydrogen-bond donors (Lipinski definition) is 0. The van der Waals surface area contributed by atoms with Gasteiger partial charge in [-0.1, -0.05) is 19.9 Å². The summed E-state index contributed by atoms with van der Waals surface area (Å²) >= 11 is 0. The second kappa shape index (κ2) is 8.81. The summed E-state index contributed by atoms with van der Waals surface area (Å²) in [5.74, 6) is 1.28. The van der Waals surface area contributed by atoms with Crippen molar-refractivity contribution >= 4 is 11.0 Å². The third kappa shape index (κ3) is 4.01. The van der Waals surface area contributed by atoms with Gasteiger partial charge in [-0.15, -0.1) is 0 Å². The van der Waals surface area contributed by atoms with Gasteiger partial charge in [-0.05, 0) is 68.9 Å². The molecule has 0 radical (unpaired) electrons. The molecule has 2 fully saturated rings. The third-order valence-electron chi connectivity index (χ3n) is 6.86. The number of rotatable bonds is 4. The van der Waals surface area contributed by atoms with Gasteiger partial charge in [0.05, 0.1) is 17.1 Å². The van der Waals surface area contributed by atoms with E-state index in [1.54, 1.807) is 11.6 Å². The molecule has 0 unspecified atom stereocenters. The van der Waals surface area contributed by atoms with Crippen molar-refractivity contribution in [2.24, 2.45) is 7.05 Å². The maximum Gasteiger partial charge on any atom is 0.253 e. The smallest absolute Gasteiger partial charge is 0.253 e. The fraction of sp³-hybridized carbons (Fsp3) is 0.538. The zero-order valence-corrected chi connectivity index (χ0v) is 19.8. The van der Waals surface area contributed by atoms with E-state index in [9.17, 15) is 4.79 Å². The van der Waals surface area contributed by atoms with Crippen LogP contribution in [-0.2, 0) is 11.8 Å². The zero-order chi connectivity index (χ0) is 23.0. The molecule has 6 heteroatoms. The minimum Gasteiger partial charge on any atom is -0.381 e. The molecule has 2 aromatic heterocycles. The number of benzene rings is 1. The molecular weight excluding hydrogens is 405 g/mol. The quantitative estimate of drug-likeness (QED) is 0.524. The molecule has 1 saturated carbocycles. The van der Waals surface area contributed by atoms with Gasteiger partial charge in [-0.2, -0.15) is 0 Å². The van der Waals surface area contributed by atoms with Crippen LogP contribution in [0.1, 0.15) is 69.8 Å². The van der Waals surface area contributed by atoms with Crippen LogP contribution < -0.4 is 5.56 Å². The van der Waals surface area contributed by atoms with Crippen molar-refractivity contribution in [3.63, 3.8) is 0 Å².